The summed E-state index contributed by atoms with van der Waals surface area (Å²) in [6, 6.07) is 19.1. The quantitative estimate of drug-likeness (QED) is 0.670. The molecule has 1 amide bonds. The number of nitrogens with one attached hydrogen (secondary N) is 2. The Morgan fingerprint density at radius 2 is 1.81 bits per heavy atom. The molecule has 1 atom stereocenters. The molecule has 1 aromatic heterocycles. The molecule has 2 aromatic carbocycles. The Morgan fingerprint density at radius 3 is 2.59 bits per heavy atom. The Balaban J connectivity index is 1.46. The van der Waals surface area contributed by atoms with Gasteiger partial charge in [-0.25, -0.2) is 0 Å². The average molecular weight is 358 g/mol. The standard InChI is InChI=1S/C22H22N4O/c23-21(17-8-6-16(7-9-17)15-4-2-1-3-5-15)22(27)26-19-12-18-13-24-11-10-20(18)25-14-19/h1-9,12,14,21,24H,10-11,13,23H2,(H,26,27). The van der Waals surface area contributed by atoms with Crippen molar-refractivity contribution in [3.8, 4) is 11.1 Å². The first kappa shape index (κ1) is 17.4. The molecule has 5 heteroatoms. The maximum absolute atomic E-state index is 12.6. The molecule has 0 radical (unpaired) electrons. The van der Waals surface area contributed by atoms with Gasteiger partial charge in [-0.3, -0.25) is 9.78 Å². The second-order valence-corrected chi connectivity index (χ2v) is 6.71. The zero-order valence-electron chi connectivity index (χ0n) is 15.0. The lowest BCUT2D eigenvalue weighted by Gasteiger charge is -2.18. The van der Waals surface area contributed by atoms with Crippen molar-refractivity contribution >= 4 is 11.6 Å². The molecule has 27 heavy (non-hydrogen) atoms. The molecule has 4 N–H and O–H groups in total. The fourth-order valence-electron chi connectivity index (χ4n) is 3.30. The highest BCUT2D eigenvalue weighted by Gasteiger charge is 2.17. The number of rotatable bonds is 4. The van der Waals surface area contributed by atoms with E-state index >= 15 is 0 Å². The van der Waals surface area contributed by atoms with Crippen molar-refractivity contribution in [2.75, 3.05) is 11.9 Å². The summed E-state index contributed by atoms with van der Waals surface area (Å²) in [4.78, 5) is 17.0. The van der Waals surface area contributed by atoms with Gasteiger partial charge >= 0.3 is 0 Å². The molecule has 0 spiro atoms. The maximum atomic E-state index is 12.6. The molecule has 4 rings (SSSR count). The van der Waals surface area contributed by atoms with E-state index < -0.39 is 6.04 Å². The number of hydrogen-bond acceptors (Lipinski definition) is 4. The highest BCUT2D eigenvalue weighted by atomic mass is 16.2. The van der Waals surface area contributed by atoms with E-state index in [1.165, 1.54) is 0 Å². The van der Waals surface area contributed by atoms with Gasteiger partial charge in [-0.2, -0.15) is 0 Å². The van der Waals surface area contributed by atoms with E-state index in [-0.39, 0.29) is 5.91 Å². The van der Waals surface area contributed by atoms with Gasteiger partial charge < -0.3 is 16.4 Å². The van der Waals surface area contributed by atoms with E-state index in [1.54, 1.807) is 6.20 Å². The van der Waals surface area contributed by atoms with Gasteiger partial charge in [0.1, 0.15) is 6.04 Å². The summed E-state index contributed by atoms with van der Waals surface area (Å²) >= 11 is 0. The van der Waals surface area contributed by atoms with Gasteiger partial charge in [0.15, 0.2) is 0 Å². The van der Waals surface area contributed by atoms with Crippen molar-refractivity contribution in [2.45, 2.75) is 19.0 Å². The number of benzene rings is 2. The third-order valence-corrected chi connectivity index (χ3v) is 4.84. The predicted octanol–water partition coefficient (Wildman–Crippen LogP) is 3.03. The van der Waals surface area contributed by atoms with Crippen LogP contribution in [0.3, 0.4) is 0 Å². The Hall–Kier alpha value is -3.02. The van der Waals surface area contributed by atoms with E-state index in [2.05, 4.69) is 27.8 Å². The fourth-order valence-corrected chi connectivity index (χ4v) is 3.30. The topological polar surface area (TPSA) is 80.0 Å². The molecule has 5 nitrogen and oxygen atoms in total. The third-order valence-electron chi connectivity index (χ3n) is 4.84. The van der Waals surface area contributed by atoms with Gasteiger partial charge in [0.2, 0.25) is 5.91 Å². The van der Waals surface area contributed by atoms with Crippen LogP contribution in [0.25, 0.3) is 11.1 Å². The van der Waals surface area contributed by atoms with Crippen LogP contribution in [0.1, 0.15) is 22.9 Å². The van der Waals surface area contributed by atoms with Crippen LogP contribution in [0, 0.1) is 0 Å². The first-order chi connectivity index (χ1) is 13.2. The molecular weight excluding hydrogens is 336 g/mol. The Kier molecular flexibility index (Phi) is 4.96. The third kappa shape index (κ3) is 3.89. The van der Waals surface area contributed by atoms with Gasteiger partial charge in [0.25, 0.3) is 0 Å². The second kappa shape index (κ2) is 7.70. The number of pyridine rings is 1. The van der Waals surface area contributed by atoms with E-state index in [4.69, 9.17) is 5.73 Å². The molecule has 0 saturated carbocycles. The number of carbonyl (C=O) groups is 1. The number of carbonyl (C=O) groups excluding carboxylic acids is 1. The highest BCUT2D eigenvalue weighted by Crippen LogP contribution is 2.22. The minimum absolute atomic E-state index is 0.243. The number of hydrogen-bond donors (Lipinski definition) is 3. The van der Waals surface area contributed by atoms with Crippen LogP contribution in [-0.4, -0.2) is 17.4 Å². The zero-order valence-corrected chi connectivity index (χ0v) is 15.0. The van der Waals surface area contributed by atoms with Gasteiger partial charge in [0.05, 0.1) is 11.9 Å². The van der Waals surface area contributed by atoms with Gasteiger partial charge in [-0.05, 0) is 28.3 Å². The number of nitrogens with zero attached hydrogens (tertiary/aromatic N) is 1. The minimum atomic E-state index is -0.732. The van der Waals surface area contributed by atoms with E-state index in [0.29, 0.717) is 5.69 Å². The fraction of sp³-hybridized carbons (Fsp3) is 0.182. The molecule has 136 valence electrons. The van der Waals surface area contributed by atoms with Crippen LogP contribution in [-0.2, 0) is 17.8 Å². The lowest BCUT2D eigenvalue weighted by molar-refractivity contribution is -0.117. The van der Waals surface area contributed by atoms with E-state index in [0.717, 1.165) is 47.5 Å². The molecular formula is C22H22N4O. The van der Waals surface area contributed by atoms with Crippen LogP contribution in [0.4, 0.5) is 5.69 Å². The maximum Gasteiger partial charge on any atom is 0.245 e. The van der Waals surface area contributed by atoms with Crippen LogP contribution >= 0.6 is 0 Å². The van der Waals surface area contributed by atoms with Crippen molar-refractivity contribution in [1.29, 1.82) is 0 Å². The molecule has 0 aliphatic carbocycles. The molecule has 2 heterocycles. The molecule has 0 saturated heterocycles. The zero-order chi connectivity index (χ0) is 18.6. The van der Waals surface area contributed by atoms with Crippen molar-refractivity contribution < 1.29 is 4.79 Å². The van der Waals surface area contributed by atoms with Crippen molar-refractivity contribution in [3.63, 3.8) is 0 Å². The minimum Gasteiger partial charge on any atom is -0.323 e. The van der Waals surface area contributed by atoms with E-state index in [9.17, 15) is 4.79 Å². The second-order valence-electron chi connectivity index (χ2n) is 6.71. The number of aromatic nitrogens is 1. The molecule has 1 unspecified atom stereocenters. The Labute approximate surface area is 158 Å². The Morgan fingerprint density at radius 1 is 1.07 bits per heavy atom. The molecule has 0 fully saturated rings. The summed E-state index contributed by atoms with van der Waals surface area (Å²) in [5.41, 5.74) is 12.1. The summed E-state index contributed by atoms with van der Waals surface area (Å²) in [5.74, 6) is -0.243. The largest absolute Gasteiger partial charge is 0.323 e. The van der Waals surface area contributed by atoms with Crippen LogP contribution < -0.4 is 16.4 Å². The van der Waals surface area contributed by atoms with Crippen molar-refractivity contribution in [3.05, 3.63) is 83.7 Å². The first-order valence-electron chi connectivity index (χ1n) is 9.11. The molecule has 1 aliphatic rings. The van der Waals surface area contributed by atoms with Gasteiger partial charge in [0, 0.05) is 25.2 Å². The van der Waals surface area contributed by atoms with Gasteiger partial charge in [-0.15, -0.1) is 0 Å². The molecule has 0 bridgehead atoms. The normalized spacial score (nSPS) is 14.3. The van der Waals surface area contributed by atoms with Crippen molar-refractivity contribution in [1.82, 2.24) is 10.3 Å². The van der Waals surface area contributed by atoms with Crippen LogP contribution in [0.2, 0.25) is 0 Å². The van der Waals surface area contributed by atoms with Crippen LogP contribution in [0.5, 0.6) is 0 Å². The number of anilines is 1. The number of amides is 1. The first-order valence-corrected chi connectivity index (χ1v) is 9.11. The number of nitrogens with two attached hydrogens (primary N) is 1. The SMILES string of the molecule is NC(C(=O)Nc1cnc2c(c1)CNCC2)c1ccc(-c2ccccc2)cc1. The average Bonchev–Trinajstić information content (AvgIpc) is 2.74. The highest BCUT2D eigenvalue weighted by molar-refractivity contribution is 5.95. The molecule has 1 aliphatic heterocycles. The summed E-state index contributed by atoms with van der Waals surface area (Å²) in [5, 5.41) is 6.19. The van der Waals surface area contributed by atoms with Crippen LogP contribution in [0.15, 0.2) is 66.9 Å². The van der Waals surface area contributed by atoms with E-state index in [1.807, 2.05) is 48.5 Å². The molecule has 3 aromatic rings. The summed E-state index contributed by atoms with van der Waals surface area (Å²) in [6.45, 7) is 1.72. The van der Waals surface area contributed by atoms with Gasteiger partial charge in [-0.1, -0.05) is 54.6 Å². The smallest absolute Gasteiger partial charge is 0.245 e. The summed E-state index contributed by atoms with van der Waals surface area (Å²) in [7, 11) is 0. The summed E-state index contributed by atoms with van der Waals surface area (Å²) < 4.78 is 0. The summed E-state index contributed by atoms with van der Waals surface area (Å²) in [6.07, 6.45) is 2.62. The lowest BCUT2D eigenvalue weighted by atomic mass is 10.0. The lowest BCUT2D eigenvalue weighted by Crippen LogP contribution is -2.28. The monoisotopic (exact) mass is 358 g/mol. The number of fused-ring (bicyclic) bond motifs is 1. The predicted molar refractivity (Wildman–Crippen MR) is 107 cm³/mol. The Bertz CT molecular complexity index is 938. The van der Waals surface area contributed by atoms with Crippen molar-refractivity contribution in [2.24, 2.45) is 5.73 Å².